The van der Waals surface area contributed by atoms with Gasteiger partial charge in [0.2, 0.25) is 0 Å². The highest BCUT2D eigenvalue weighted by molar-refractivity contribution is 5.85. The van der Waals surface area contributed by atoms with E-state index in [0.29, 0.717) is 5.82 Å². The predicted molar refractivity (Wildman–Crippen MR) is 79.1 cm³/mol. The number of carbonyl (C=O) groups is 1. The average molecular weight is 287 g/mol. The molecule has 0 aliphatic rings. The molecule has 0 saturated carbocycles. The Morgan fingerprint density at radius 3 is 2.76 bits per heavy atom. The van der Waals surface area contributed by atoms with E-state index in [1.807, 2.05) is 31.2 Å². The standard InChI is InChI=1S/C15H17N3O3/c1-3-10(2)21-12-6-4-5-11(9-12)16-14-8-7-13(15(19)20)17-18-14/h4-10H,3H2,1-2H3,(H,16,18)(H,19,20). The zero-order valence-corrected chi connectivity index (χ0v) is 11.9. The fourth-order valence-electron chi connectivity index (χ4n) is 1.62. The van der Waals surface area contributed by atoms with E-state index < -0.39 is 5.97 Å². The van der Waals surface area contributed by atoms with E-state index in [-0.39, 0.29) is 11.8 Å². The summed E-state index contributed by atoms with van der Waals surface area (Å²) in [6.45, 7) is 4.07. The van der Waals surface area contributed by atoms with Crippen molar-refractivity contribution in [2.45, 2.75) is 26.4 Å². The molecule has 2 rings (SSSR count). The number of anilines is 2. The first kappa shape index (κ1) is 14.8. The summed E-state index contributed by atoms with van der Waals surface area (Å²) in [5.74, 6) is 0.142. The van der Waals surface area contributed by atoms with Gasteiger partial charge in [-0.2, -0.15) is 0 Å². The molecule has 0 radical (unpaired) electrons. The summed E-state index contributed by atoms with van der Waals surface area (Å²) in [5, 5.41) is 19.3. The molecule has 1 atom stereocenters. The molecule has 2 N–H and O–H groups in total. The zero-order chi connectivity index (χ0) is 15.2. The number of carboxylic acid groups (broad SMARTS) is 1. The second kappa shape index (κ2) is 6.69. The maximum Gasteiger partial charge on any atom is 0.356 e. The van der Waals surface area contributed by atoms with Gasteiger partial charge in [-0.25, -0.2) is 4.79 Å². The van der Waals surface area contributed by atoms with Gasteiger partial charge in [0.25, 0.3) is 0 Å². The average Bonchev–Trinajstić information content (AvgIpc) is 2.48. The van der Waals surface area contributed by atoms with Crippen LogP contribution in [0.5, 0.6) is 5.75 Å². The van der Waals surface area contributed by atoms with Gasteiger partial charge in [-0.05, 0) is 37.6 Å². The smallest absolute Gasteiger partial charge is 0.356 e. The minimum absolute atomic E-state index is 0.0885. The van der Waals surface area contributed by atoms with Crippen LogP contribution in [0.1, 0.15) is 30.8 Å². The van der Waals surface area contributed by atoms with Crippen molar-refractivity contribution >= 4 is 17.5 Å². The molecule has 0 spiro atoms. The fraction of sp³-hybridized carbons (Fsp3) is 0.267. The van der Waals surface area contributed by atoms with Gasteiger partial charge in [0.15, 0.2) is 11.5 Å². The van der Waals surface area contributed by atoms with Crippen molar-refractivity contribution in [3.8, 4) is 5.75 Å². The summed E-state index contributed by atoms with van der Waals surface area (Å²) in [7, 11) is 0. The molecule has 2 aromatic rings. The monoisotopic (exact) mass is 287 g/mol. The van der Waals surface area contributed by atoms with Crippen molar-refractivity contribution < 1.29 is 14.6 Å². The summed E-state index contributed by atoms with van der Waals surface area (Å²) >= 11 is 0. The number of hydrogen-bond acceptors (Lipinski definition) is 5. The first-order valence-electron chi connectivity index (χ1n) is 6.69. The van der Waals surface area contributed by atoms with E-state index in [2.05, 4.69) is 22.4 Å². The minimum Gasteiger partial charge on any atom is -0.491 e. The molecule has 110 valence electrons. The minimum atomic E-state index is -1.10. The first-order chi connectivity index (χ1) is 10.1. The molecule has 0 aliphatic heterocycles. The van der Waals surface area contributed by atoms with E-state index in [1.54, 1.807) is 6.07 Å². The number of carboxylic acids is 1. The lowest BCUT2D eigenvalue weighted by atomic mass is 10.2. The second-order valence-corrected chi connectivity index (χ2v) is 4.60. The van der Waals surface area contributed by atoms with Crippen LogP contribution in [-0.4, -0.2) is 27.4 Å². The van der Waals surface area contributed by atoms with Crippen molar-refractivity contribution in [2.75, 3.05) is 5.32 Å². The van der Waals surface area contributed by atoms with E-state index >= 15 is 0 Å². The fourth-order valence-corrected chi connectivity index (χ4v) is 1.62. The third kappa shape index (κ3) is 4.17. The molecule has 0 aliphatic carbocycles. The Morgan fingerprint density at radius 1 is 1.33 bits per heavy atom. The Hall–Kier alpha value is -2.63. The van der Waals surface area contributed by atoms with Crippen molar-refractivity contribution in [2.24, 2.45) is 0 Å². The summed E-state index contributed by atoms with van der Waals surface area (Å²) in [6.07, 6.45) is 1.08. The Bertz CT molecular complexity index is 614. The van der Waals surface area contributed by atoms with Gasteiger partial charge in [-0.3, -0.25) is 0 Å². The van der Waals surface area contributed by atoms with E-state index in [4.69, 9.17) is 9.84 Å². The highest BCUT2D eigenvalue weighted by Crippen LogP contribution is 2.21. The van der Waals surface area contributed by atoms with Gasteiger partial charge in [0.05, 0.1) is 6.10 Å². The summed E-state index contributed by atoms with van der Waals surface area (Å²) in [5.41, 5.74) is 0.711. The number of nitrogens with one attached hydrogen (secondary N) is 1. The molecular formula is C15H17N3O3. The number of ether oxygens (including phenoxy) is 1. The Balaban J connectivity index is 2.08. The molecule has 1 aromatic carbocycles. The van der Waals surface area contributed by atoms with E-state index in [0.717, 1.165) is 17.9 Å². The van der Waals surface area contributed by atoms with Crippen LogP contribution < -0.4 is 10.1 Å². The van der Waals surface area contributed by atoms with Crippen molar-refractivity contribution in [3.05, 3.63) is 42.1 Å². The quantitative estimate of drug-likeness (QED) is 0.849. The number of rotatable bonds is 6. The predicted octanol–water partition coefficient (Wildman–Crippen LogP) is 3.10. The third-order valence-electron chi connectivity index (χ3n) is 2.90. The lowest BCUT2D eigenvalue weighted by Gasteiger charge is -2.13. The molecule has 1 aromatic heterocycles. The molecule has 21 heavy (non-hydrogen) atoms. The summed E-state index contributed by atoms with van der Waals surface area (Å²) in [4.78, 5) is 10.7. The maximum atomic E-state index is 10.7. The molecule has 0 saturated heterocycles. The molecular weight excluding hydrogens is 270 g/mol. The maximum absolute atomic E-state index is 10.7. The van der Waals surface area contributed by atoms with Crippen molar-refractivity contribution in [1.82, 2.24) is 10.2 Å². The number of nitrogens with zero attached hydrogens (tertiary/aromatic N) is 2. The molecule has 6 heteroatoms. The van der Waals surface area contributed by atoms with Crippen LogP contribution in [0.2, 0.25) is 0 Å². The third-order valence-corrected chi connectivity index (χ3v) is 2.90. The highest BCUT2D eigenvalue weighted by atomic mass is 16.5. The molecule has 0 bridgehead atoms. The van der Waals surface area contributed by atoms with Crippen LogP contribution >= 0.6 is 0 Å². The van der Waals surface area contributed by atoms with Crippen LogP contribution in [0.3, 0.4) is 0 Å². The van der Waals surface area contributed by atoms with E-state index in [9.17, 15) is 4.79 Å². The first-order valence-corrected chi connectivity index (χ1v) is 6.69. The van der Waals surface area contributed by atoms with Crippen LogP contribution in [0.4, 0.5) is 11.5 Å². The van der Waals surface area contributed by atoms with Crippen LogP contribution in [0.15, 0.2) is 36.4 Å². The van der Waals surface area contributed by atoms with Crippen LogP contribution in [0.25, 0.3) is 0 Å². The second-order valence-electron chi connectivity index (χ2n) is 4.60. The number of hydrogen-bond donors (Lipinski definition) is 2. The van der Waals surface area contributed by atoms with E-state index in [1.165, 1.54) is 6.07 Å². The zero-order valence-electron chi connectivity index (χ0n) is 11.9. The molecule has 0 fully saturated rings. The lowest BCUT2D eigenvalue weighted by Crippen LogP contribution is -2.09. The van der Waals surface area contributed by atoms with Gasteiger partial charge in [0.1, 0.15) is 5.75 Å². The van der Waals surface area contributed by atoms with Gasteiger partial charge in [-0.1, -0.05) is 13.0 Å². The summed E-state index contributed by atoms with van der Waals surface area (Å²) < 4.78 is 5.74. The SMILES string of the molecule is CCC(C)Oc1cccc(Nc2ccc(C(=O)O)nn2)c1. The largest absolute Gasteiger partial charge is 0.491 e. The molecule has 1 unspecified atom stereocenters. The molecule has 0 amide bonds. The number of benzene rings is 1. The molecule has 1 heterocycles. The number of aromatic nitrogens is 2. The van der Waals surface area contributed by atoms with Gasteiger partial charge < -0.3 is 15.2 Å². The summed E-state index contributed by atoms with van der Waals surface area (Å²) in [6, 6.07) is 10.5. The highest BCUT2D eigenvalue weighted by Gasteiger charge is 2.06. The van der Waals surface area contributed by atoms with Gasteiger partial charge in [-0.15, -0.1) is 10.2 Å². The van der Waals surface area contributed by atoms with Crippen LogP contribution in [0, 0.1) is 0 Å². The van der Waals surface area contributed by atoms with Crippen molar-refractivity contribution in [1.29, 1.82) is 0 Å². The lowest BCUT2D eigenvalue weighted by molar-refractivity contribution is 0.0689. The van der Waals surface area contributed by atoms with Gasteiger partial charge in [0, 0.05) is 11.8 Å². The topological polar surface area (TPSA) is 84.3 Å². The van der Waals surface area contributed by atoms with Crippen LogP contribution in [-0.2, 0) is 0 Å². The Labute approximate surface area is 122 Å². The Kier molecular flexibility index (Phi) is 4.71. The number of aromatic carboxylic acids is 1. The molecule has 6 nitrogen and oxygen atoms in total. The van der Waals surface area contributed by atoms with Gasteiger partial charge >= 0.3 is 5.97 Å². The van der Waals surface area contributed by atoms with Crippen molar-refractivity contribution in [3.63, 3.8) is 0 Å². The normalized spacial score (nSPS) is 11.7. The Morgan fingerprint density at radius 2 is 2.14 bits per heavy atom.